The van der Waals surface area contributed by atoms with Crippen molar-refractivity contribution < 1.29 is 4.74 Å². The Balaban J connectivity index is 2.01. The van der Waals surface area contributed by atoms with E-state index in [0.717, 1.165) is 43.5 Å². The number of hydrogen-bond acceptors (Lipinski definition) is 4. The Hall–Kier alpha value is -1.42. The fraction of sp³-hybridized carbons (Fsp3) is 0.647. The molecule has 0 atom stereocenters. The maximum absolute atomic E-state index is 6.02. The molecule has 1 aliphatic heterocycles. The van der Waals surface area contributed by atoms with E-state index in [2.05, 4.69) is 29.7 Å². The third kappa shape index (κ3) is 4.81. The van der Waals surface area contributed by atoms with Crippen LogP contribution in [0.25, 0.3) is 0 Å². The highest BCUT2D eigenvalue weighted by Gasteiger charge is 2.18. The van der Waals surface area contributed by atoms with E-state index < -0.39 is 0 Å². The summed E-state index contributed by atoms with van der Waals surface area (Å²) < 4.78 is 5.78. The van der Waals surface area contributed by atoms with Crippen molar-refractivity contribution in [2.45, 2.75) is 33.8 Å². The zero-order valence-corrected chi connectivity index (χ0v) is 13.8. The van der Waals surface area contributed by atoms with Crippen LogP contribution in [0.15, 0.2) is 18.2 Å². The maximum Gasteiger partial charge on any atom is 0.123 e. The zero-order valence-electron chi connectivity index (χ0n) is 13.8. The zero-order chi connectivity index (χ0) is 15.4. The van der Waals surface area contributed by atoms with Gasteiger partial charge in [0.15, 0.2) is 0 Å². The second kappa shape index (κ2) is 7.03. The fourth-order valence-electron chi connectivity index (χ4n) is 2.83. The minimum absolute atomic E-state index is 0.169. The smallest absolute Gasteiger partial charge is 0.123 e. The first-order valence-electron chi connectivity index (χ1n) is 7.98. The van der Waals surface area contributed by atoms with Crippen LogP contribution in [0.5, 0.6) is 5.75 Å². The van der Waals surface area contributed by atoms with E-state index in [1.807, 2.05) is 26.0 Å². The Bertz CT molecular complexity index is 451. The van der Waals surface area contributed by atoms with Gasteiger partial charge in [0.25, 0.3) is 0 Å². The monoisotopic (exact) mass is 291 g/mol. The average Bonchev–Trinajstić information content (AvgIpc) is 2.37. The lowest BCUT2D eigenvalue weighted by Crippen LogP contribution is -2.47. The topological polar surface area (TPSA) is 41.7 Å². The van der Waals surface area contributed by atoms with Crippen molar-refractivity contribution >= 4 is 11.4 Å². The Morgan fingerprint density at radius 1 is 1.05 bits per heavy atom. The molecular formula is C17H29N3O. The van der Waals surface area contributed by atoms with Gasteiger partial charge in [0.1, 0.15) is 5.75 Å². The number of anilines is 2. The normalized spacial score (nSPS) is 16.8. The molecule has 0 spiro atoms. The molecule has 0 unspecified atom stereocenters. The highest BCUT2D eigenvalue weighted by atomic mass is 16.5. The molecular weight excluding hydrogens is 262 g/mol. The summed E-state index contributed by atoms with van der Waals surface area (Å²) in [6.45, 7) is 14.2. The molecule has 0 radical (unpaired) electrons. The van der Waals surface area contributed by atoms with E-state index in [9.17, 15) is 0 Å². The maximum atomic E-state index is 6.02. The van der Waals surface area contributed by atoms with Gasteiger partial charge < -0.3 is 15.4 Å². The number of hydrogen-bond donors (Lipinski definition) is 1. The quantitative estimate of drug-likeness (QED) is 0.847. The summed E-state index contributed by atoms with van der Waals surface area (Å²) in [6.07, 6.45) is 0.169. The highest BCUT2D eigenvalue weighted by Crippen LogP contribution is 2.27. The van der Waals surface area contributed by atoms with Gasteiger partial charge in [-0.25, -0.2) is 0 Å². The lowest BCUT2D eigenvalue weighted by Gasteiger charge is -2.37. The minimum atomic E-state index is 0.169. The largest absolute Gasteiger partial charge is 0.491 e. The summed E-state index contributed by atoms with van der Waals surface area (Å²) in [5.41, 5.74) is 7.96. The average molecular weight is 291 g/mol. The van der Waals surface area contributed by atoms with Crippen molar-refractivity contribution in [3.63, 3.8) is 0 Å². The Morgan fingerprint density at radius 2 is 1.71 bits per heavy atom. The molecule has 1 aromatic rings. The van der Waals surface area contributed by atoms with Crippen molar-refractivity contribution in [2.75, 3.05) is 43.4 Å². The van der Waals surface area contributed by atoms with Crippen LogP contribution < -0.4 is 15.4 Å². The molecule has 0 bridgehead atoms. The van der Waals surface area contributed by atoms with E-state index in [1.54, 1.807) is 0 Å². The lowest BCUT2D eigenvalue weighted by atomic mass is 10.1. The number of rotatable bonds is 5. The van der Waals surface area contributed by atoms with Crippen LogP contribution in [0.1, 0.15) is 27.7 Å². The van der Waals surface area contributed by atoms with Crippen LogP contribution in [-0.2, 0) is 0 Å². The Kier molecular flexibility index (Phi) is 5.34. The first-order chi connectivity index (χ1) is 9.94. The summed E-state index contributed by atoms with van der Waals surface area (Å²) in [6, 6.07) is 6.05. The molecule has 118 valence electrons. The van der Waals surface area contributed by atoms with Gasteiger partial charge in [-0.15, -0.1) is 0 Å². The number of ether oxygens (including phenoxy) is 1. The molecule has 1 heterocycles. The van der Waals surface area contributed by atoms with Crippen LogP contribution >= 0.6 is 0 Å². The molecule has 0 saturated carbocycles. The van der Waals surface area contributed by atoms with E-state index in [4.69, 9.17) is 10.5 Å². The third-order valence-corrected chi connectivity index (χ3v) is 3.65. The van der Waals surface area contributed by atoms with Crippen molar-refractivity contribution in [3.8, 4) is 5.75 Å². The van der Waals surface area contributed by atoms with Gasteiger partial charge >= 0.3 is 0 Å². The standard InChI is InChI=1S/C17H29N3O/c1-13(2)12-19-5-7-20(8-6-19)16-9-15(18)10-17(11-16)21-14(3)4/h9-11,13-14H,5-8,12,18H2,1-4H3. The van der Waals surface area contributed by atoms with Crippen LogP contribution in [-0.4, -0.2) is 43.7 Å². The Labute approximate surface area is 128 Å². The fourth-order valence-corrected chi connectivity index (χ4v) is 2.83. The molecule has 4 nitrogen and oxygen atoms in total. The molecule has 0 amide bonds. The summed E-state index contributed by atoms with van der Waals surface area (Å²) in [7, 11) is 0. The van der Waals surface area contributed by atoms with E-state index >= 15 is 0 Å². The number of benzene rings is 1. The molecule has 0 aromatic heterocycles. The summed E-state index contributed by atoms with van der Waals surface area (Å²) in [4.78, 5) is 4.94. The second-order valence-electron chi connectivity index (χ2n) is 6.61. The molecule has 0 aliphatic carbocycles. The third-order valence-electron chi connectivity index (χ3n) is 3.65. The molecule has 2 N–H and O–H groups in total. The first-order valence-corrected chi connectivity index (χ1v) is 7.98. The van der Waals surface area contributed by atoms with Crippen LogP contribution in [0.3, 0.4) is 0 Å². The van der Waals surface area contributed by atoms with Gasteiger partial charge in [0.05, 0.1) is 6.10 Å². The summed E-state index contributed by atoms with van der Waals surface area (Å²) >= 11 is 0. The summed E-state index contributed by atoms with van der Waals surface area (Å²) in [5.74, 6) is 1.60. The van der Waals surface area contributed by atoms with Crippen molar-refractivity contribution in [3.05, 3.63) is 18.2 Å². The predicted octanol–water partition coefficient (Wildman–Crippen LogP) is 2.83. The second-order valence-corrected chi connectivity index (χ2v) is 6.61. The van der Waals surface area contributed by atoms with E-state index in [-0.39, 0.29) is 6.10 Å². The van der Waals surface area contributed by atoms with Gasteiger partial charge in [0.2, 0.25) is 0 Å². The van der Waals surface area contributed by atoms with Crippen LogP contribution in [0.4, 0.5) is 11.4 Å². The number of nitrogens with zero attached hydrogens (tertiary/aromatic N) is 2. The molecule has 1 aliphatic rings. The van der Waals surface area contributed by atoms with Gasteiger partial charge in [-0.05, 0) is 25.8 Å². The predicted molar refractivity (Wildman–Crippen MR) is 90.1 cm³/mol. The first kappa shape index (κ1) is 16.0. The van der Waals surface area contributed by atoms with Crippen molar-refractivity contribution in [2.24, 2.45) is 5.92 Å². The van der Waals surface area contributed by atoms with E-state index in [1.165, 1.54) is 12.2 Å². The number of nitrogen functional groups attached to an aromatic ring is 1. The Morgan fingerprint density at radius 3 is 2.29 bits per heavy atom. The number of piperazine rings is 1. The lowest BCUT2D eigenvalue weighted by molar-refractivity contribution is 0.230. The van der Waals surface area contributed by atoms with Gasteiger partial charge in [-0.2, -0.15) is 0 Å². The minimum Gasteiger partial charge on any atom is -0.491 e. The van der Waals surface area contributed by atoms with Crippen molar-refractivity contribution in [1.29, 1.82) is 0 Å². The molecule has 1 fully saturated rings. The molecule has 1 saturated heterocycles. The van der Waals surface area contributed by atoms with E-state index in [0.29, 0.717) is 0 Å². The molecule has 4 heteroatoms. The highest BCUT2D eigenvalue weighted by molar-refractivity contribution is 5.60. The summed E-state index contributed by atoms with van der Waals surface area (Å²) in [5, 5.41) is 0. The van der Waals surface area contributed by atoms with Crippen LogP contribution in [0.2, 0.25) is 0 Å². The molecule has 2 rings (SSSR count). The van der Waals surface area contributed by atoms with Gasteiger partial charge in [0, 0.05) is 56.2 Å². The SMILES string of the molecule is CC(C)CN1CCN(c2cc(N)cc(OC(C)C)c2)CC1. The van der Waals surface area contributed by atoms with Crippen molar-refractivity contribution in [1.82, 2.24) is 4.90 Å². The molecule has 1 aromatic carbocycles. The van der Waals surface area contributed by atoms with Gasteiger partial charge in [-0.1, -0.05) is 13.8 Å². The number of nitrogens with two attached hydrogens (primary N) is 1. The van der Waals surface area contributed by atoms with Gasteiger partial charge in [-0.3, -0.25) is 4.90 Å². The van der Waals surface area contributed by atoms with Crippen LogP contribution in [0, 0.1) is 5.92 Å². The molecule has 21 heavy (non-hydrogen) atoms.